The lowest BCUT2D eigenvalue weighted by atomic mass is 9.90. The topological polar surface area (TPSA) is 60.9 Å². The molecule has 0 aromatic heterocycles. The average molecular weight is 330 g/mol. The Morgan fingerprint density at radius 1 is 1.00 bits per heavy atom. The van der Waals surface area contributed by atoms with Crippen molar-refractivity contribution in [3.63, 3.8) is 0 Å². The van der Waals surface area contributed by atoms with Gasteiger partial charge in [-0.05, 0) is 63.3 Å². The number of hydrogen-bond donors (Lipinski definition) is 1. The Bertz CT molecular complexity index is 593. The summed E-state index contributed by atoms with van der Waals surface area (Å²) in [5.41, 5.74) is 1.81. The molecule has 2 aliphatic rings. The molecule has 0 unspecified atom stereocenters. The van der Waals surface area contributed by atoms with Crippen molar-refractivity contribution in [2.45, 2.75) is 45.1 Å². The van der Waals surface area contributed by atoms with E-state index in [1.165, 1.54) is 24.9 Å². The van der Waals surface area contributed by atoms with E-state index in [0.717, 1.165) is 19.5 Å². The number of rotatable bonds is 3. The number of piperidine rings is 2. The number of carboxylic acids is 1. The lowest BCUT2D eigenvalue weighted by Crippen LogP contribution is -2.49. The number of aliphatic carboxylic acids is 1. The van der Waals surface area contributed by atoms with Crippen LogP contribution in [-0.2, 0) is 4.79 Å². The van der Waals surface area contributed by atoms with Crippen molar-refractivity contribution in [3.8, 4) is 0 Å². The average Bonchev–Trinajstić information content (AvgIpc) is 2.62. The van der Waals surface area contributed by atoms with E-state index >= 15 is 0 Å². The first-order valence-electron chi connectivity index (χ1n) is 8.96. The predicted molar refractivity (Wildman–Crippen MR) is 93.4 cm³/mol. The molecule has 2 heterocycles. The number of anilines is 1. The Morgan fingerprint density at radius 3 is 2.29 bits per heavy atom. The third-order valence-corrected chi connectivity index (χ3v) is 5.40. The molecule has 2 atom stereocenters. The molecule has 0 radical (unpaired) electrons. The summed E-state index contributed by atoms with van der Waals surface area (Å²) in [5.74, 6) is -1.32. The van der Waals surface area contributed by atoms with Crippen LogP contribution in [0.2, 0.25) is 0 Å². The first-order valence-corrected chi connectivity index (χ1v) is 8.96. The van der Waals surface area contributed by atoms with Crippen LogP contribution in [0.5, 0.6) is 0 Å². The van der Waals surface area contributed by atoms with E-state index in [1.54, 1.807) is 4.90 Å². The van der Waals surface area contributed by atoms with Gasteiger partial charge in [-0.25, -0.2) is 0 Å². The number of carbonyl (C=O) groups is 2. The molecule has 2 aliphatic heterocycles. The molecule has 0 saturated carbocycles. The molecule has 0 spiro atoms. The van der Waals surface area contributed by atoms with Crippen molar-refractivity contribution in [2.75, 3.05) is 24.5 Å². The third-order valence-electron chi connectivity index (χ3n) is 5.40. The number of nitrogens with zero attached hydrogens (tertiary/aromatic N) is 2. The maximum Gasteiger partial charge on any atom is 0.308 e. The first-order chi connectivity index (χ1) is 11.6. The normalized spacial score (nSPS) is 24.7. The molecule has 0 bridgehead atoms. The van der Waals surface area contributed by atoms with Crippen LogP contribution in [-0.4, -0.2) is 47.6 Å². The largest absolute Gasteiger partial charge is 0.481 e. The van der Waals surface area contributed by atoms with Gasteiger partial charge < -0.3 is 14.9 Å². The van der Waals surface area contributed by atoms with Gasteiger partial charge in [0.2, 0.25) is 0 Å². The zero-order valence-corrected chi connectivity index (χ0v) is 14.3. The summed E-state index contributed by atoms with van der Waals surface area (Å²) < 4.78 is 0. The molecular formula is C19H26N2O3. The lowest BCUT2D eigenvalue weighted by Gasteiger charge is -2.37. The number of benzene rings is 1. The van der Waals surface area contributed by atoms with Gasteiger partial charge in [0.1, 0.15) is 0 Å². The molecule has 2 saturated heterocycles. The van der Waals surface area contributed by atoms with Crippen LogP contribution in [0.15, 0.2) is 24.3 Å². The zero-order chi connectivity index (χ0) is 17.1. The van der Waals surface area contributed by atoms with E-state index in [9.17, 15) is 14.7 Å². The quantitative estimate of drug-likeness (QED) is 0.925. The van der Waals surface area contributed by atoms with Gasteiger partial charge in [0.25, 0.3) is 5.91 Å². The van der Waals surface area contributed by atoms with Crippen LogP contribution in [0.4, 0.5) is 5.69 Å². The summed E-state index contributed by atoms with van der Waals surface area (Å²) in [7, 11) is 0. The van der Waals surface area contributed by atoms with Crippen molar-refractivity contribution in [1.82, 2.24) is 4.90 Å². The van der Waals surface area contributed by atoms with Gasteiger partial charge in [-0.3, -0.25) is 9.59 Å². The second-order valence-corrected chi connectivity index (χ2v) is 6.92. The van der Waals surface area contributed by atoms with Crippen LogP contribution in [0.3, 0.4) is 0 Å². The number of likely N-dealkylation sites (tertiary alicyclic amines) is 1. The van der Waals surface area contributed by atoms with Crippen molar-refractivity contribution >= 4 is 17.6 Å². The van der Waals surface area contributed by atoms with Gasteiger partial charge in [-0.15, -0.1) is 0 Å². The molecule has 0 aliphatic carbocycles. The summed E-state index contributed by atoms with van der Waals surface area (Å²) in [5, 5.41) is 9.32. The van der Waals surface area contributed by atoms with Crippen molar-refractivity contribution in [3.05, 3.63) is 29.8 Å². The van der Waals surface area contributed by atoms with Crippen LogP contribution >= 0.6 is 0 Å². The molecule has 5 nitrogen and oxygen atoms in total. The van der Waals surface area contributed by atoms with Gasteiger partial charge in [0, 0.05) is 36.9 Å². The molecule has 3 rings (SSSR count). The fourth-order valence-electron chi connectivity index (χ4n) is 3.89. The van der Waals surface area contributed by atoms with Gasteiger partial charge >= 0.3 is 5.97 Å². The van der Waals surface area contributed by atoms with Crippen LogP contribution in [0.1, 0.15) is 49.4 Å². The Balaban J connectivity index is 1.71. The van der Waals surface area contributed by atoms with Gasteiger partial charge in [0.15, 0.2) is 0 Å². The third kappa shape index (κ3) is 3.40. The molecule has 2 fully saturated rings. The number of carbonyl (C=O) groups excluding carboxylic acids is 1. The van der Waals surface area contributed by atoms with E-state index in [0.29, 0.717) is 18.5 Å². The SMILES string of the molecule is C[C@@H]1[C@H](C(=O)O)CCCN1C(=O)c1ccc(N2CCCCC2)cc1. The molecule has 1 aromatic carbocycles. The minimum absolute atomic E-state index is 0.0568. The van der Waals surface area contributed by atoms with E-state index in [1.807, 2.05) is 31.2 Å². The summed E-state index contributed by atoms with van der Waals surface area (Å²) in [4.78, 5) is 28.2. The maximum atomic E-state index is 12.8. The summed E-state index contributed by atoms with van der Waals surface area (Å²) in [6, 6.07) is 7.53. The lowest BCUT2D eigenvalue weighted by molar-refractivity contribution is -0.144. The Morgan fingerprint density at radius 2 is 1.67 bits per heavy atom. The maximum absolute atomic E-state index is 12.8. The number of hydrogen-bond acceptors (Lipinski definition) is 3. The summed E-state index contributed by atoms with van der Waals surface area (Å²) in [6.07, 6.45) is 5.14. The Labute approximate surface area is 143 Å². The zero-order valence-electron chi connectivity index (χ0n) is 14.3. The van der Waals surface area contributed by atoms with Gasteiger partial charge in [0.05, 0.1) is 5.92 Å². The second-order valence-electron chi connectivity index (χ2n) is 6.92. The summed E-state index contributed by atoms with van der Waals surface area (Å²) in [6.45, 7) is 4.64. The molecule has 130 valence electrons. The highest BCUT2D eigenvalue weighted by molar-refractivity contribution is 5.95. The standard InChI is InChI=1S/C19H26N2O3/c1-14-17(19(23)24)6-5-13-21(14)18(22)15-7-9-16(10-8-15)20-11-3-2-4-12-20/h7-10,14,17H,2-6,11-13H2,1H3,(H,23,24)/t14-,17-/m1/s1. The number of amides is 1. The van der Waals surface area contributed by atoms with E-state index < -0.39 is 11.9 Å². The van der Waals surface area contributed by atoms with Crippen LogP contribution in [0, 0.1) is 5.92 Å². The minimum atomic E-state index is -0.805. The first kappa shape index (κ1) is 16.8. The van der Waals surface area contributed by atoms with Gasteiger partial charge in [-0.1, -0.05) is 0 Å². The minimum Gasteiger partial charge on any atom is -0.481 e. The van der Waals surface area contributed by atoms with Crippen molar-refractivity contribution in [1.29, 1.82) is 0 Å². The molecule has 1 amide bonds. The smallest absolute Gasteiger partial charge is 0.308 e. The van der Waals surface area contributed by atoms with E-state index in [-0.39, 0.29) is 11.9 Å². The molecular weight excluding hydrogens is 304 g/mol. The van der Waals surface area contributed by atoms with Crippen LogP contribution in [0.25, 0.3) is 0 Å². The van der Waals surface area contributed by atoms with Crippen molar-refractivity contribution < 1.29 is 14.7 Å². The highest BCUT2D eigenvalue weighted by atomic mass is 16.4. The second kappa shape index (κ2) is 7.24. The van der Waals surface area contributed by atoms with Crippen LogP contribution < -0.4 is 4.90 Å². The summed E-state index contributed by atoms with van der Waals surface area (Å²) >= 11 is 0. The monoisotopic (exact) mass is 330 g/mol. The molecule has 1 N–H and O–H groups in total. The van der Waals surface area contributed by atoms with E-state index in [4.69, 9.17) is 0 Å². The molecule has 24 heavy (non-hydrogen) atoms. The Kier molecular flexibility index (Phi) is 5.07. The highest BCUT2D eigenvalue weighted by Crippen LogP contribution is 2.26. The predicted octanol–water partition coefficient (Wildman–Crippen LogP) is 3.00. The number of carboxylic acid groups (broad SMARTS) is 1. The molecule has 5 heteroatoms. The molecule has 1 aromatic rings. The fourth-order valence-corrected chi connectivity index (χ4v) is 3.89. The highest BCUT2D eigenvalue weighted by Gasteiger charge is 2.35. The van der Waals surface area contributed by atoms with E-state index in [2.05, 4.69) is 4.90 Å². The fraction of sp³-hybridized carbons (Fsp3) is 0.579. The van der Waals surface area contributed by atoms with Gasteiger partial charge in [-0.2, -0.15) is 0 Å². The van der Waals surface area contributed by atoms with Crippen molar-refractivity contribution in [2.24, 2.45) is 5.92 Å². The Hall–Kier alpha value is -2.04.